The summed E-state index contributed by atoms with van der Waals surface area (Å²) in [7, 11) is 0. The maximum Gasteiger partial charge on any atom is 0.308 e. The average molecular weight is 242 g/mol. The molecule has 0 heterocycles. The molecule has 0 aromatic carbocycles. The normalized spacial score (nSPS) is 19.2. The predicted octanol–water partition coefficient (Wildman–Crippen LogP) is 0.827. The van der Waals surface area contributed by atoms with Crippen molar-refractivity contribution < 1.29 is 14.7 Å². The van der Waals surface area contributed by atoms with Crippen molar-refractivity contribution in [1.82, 2.24) is 4.90 Å². The smallest absolute Gasteiger partial charge is 0.308 e. The second kappa shape index (κ2) is 5.49. The molecule has 1 fully saturated rings. The van der Waals surface area contributed by atoms with Gasteiger partial charge in [-0.25, -0.2) is 0 Å². The number of nitrogens with two attached hydrogens (primary N) is 1. The van der Waals surface area contributed by atoms with Crippen LogP contribution in [-0.4, -0.2) is 40.5 Å². The van der Waals surface area contributed by atoms with Gasteiger partial charge in [0, 0.05) is 25.0 Å². The minimum absolute atomic E-state index is 0.0252. The third-order valence-electron chi connectivity index (χ3n) is 3.50. The van der Waals surface area contributed by atoms with Crippen LogP contribution in [0.1, 0.15) is 39.5 Å². The van der Waals surface area contributed by atoms with Crippen molar-refractivity contribution in [2.45, 2.75) is 45.1 Å². The highest BCUT2D eigenvalue weighted by Crippen LogP contribution is 2.32. The molecule has 0 saturated heterocycles. The van der Waals surface area contributed by atoms with E-state index in [0.717, 1.165) is 19.3 Å². The maximum atomic E-state index is 12.0. The Balaban J connectivity index is 2.49. The number of carboxylic acid groups (broad SMARTS) is 1. The van der Waals surface area contributed by atoms with Crippen molar-refractivity contribution in [3.05, 3.63) is 0 Å². The van der Waals surface area contributed by atoms with Crippen LogP contribution in [0.25, 0.3) is 0 Å². The Morgan fingerprint density at radius 3 is 2.41 bits per heavy atom. The van der Waals surface area contributed by atoms with Gasteiger partial charge >= 0.3 is 5.97 Å². The molecule has 0 spiro atoms. The number of carboxylic acids is 1. The number of carbonyl (C=O) groups excluding carboxylic acids is 1. The molecule has 1 saturated carbocycles. The van der Waals surface area contributed by atoms with E-state index in [9.17, 15) is 9.59 Å². The number of nitrogens with zero attached hydrogens (tertiary/aromatic N) is 1. The summed E-state index contributed by atoms with van der Waals surface area (Å²) in [6, 6.07) is 0. The molecule has 17 heavy (non-hydrogen) atoms. The first-order valence-corrected chi connectivity index (χ1v) is 6.17. The topological polar surface area (TPSA) is 83.6 Å². The Kier molecular flexibility index (Phi) is 4.51. The van der Waals surface area contributed by atoms with Crippen LogP contribution in [0, 0.1) is 5.92 Å². The highest BCUT2D eigenvalue weighted by Gasteiger charge is 2.36. The molecule has 1 aliphatic carbocycles. The van der Waals surface area contributed by atoms with Crippen LogP contribution in [0.15, 0.2) is 0 Å². The zero-order valence-electron chi connectivity index (χ0n) is 10.6. The predicted molar refractivity (Wildman–Crippen MR) is 64.4 cm³/mol. The quantitative estimate of drug-likeness (QED) is 0.722. The van der Waals surface area contributed by atoms with Gasteiger partial charge in [-0.1, -0.05) is 6.92 Å². The van der Waals surface area contributed by atoms with Gasteiger partial charge in [0.25, 0.3) is 0 Å². The fourth-order valence-corrected chi connectivity index (χ4v) is 2.04. The van der Waals surface area contributed by atoms with Crippen LogP contribution < -0.4 is 5.73 Å². The molecule has 0 radical (unpaired) electrons. The second-order valence-corrected chi connectivity index (χ2v) is 5.06. The van der Waals surface area contributed by atoms with Crippen LogP contribution in [0.2, 0.25) is 0 Å². The fourth-order valence-electron chi connectivity index (χ4n) is 2.04. The van der Waals surface area contributed by atoms with E-state index >= 15 is 0 Å². The van der Waals surface area contributed by atoms with E-state index in [1.165, 1.54) is 0 Å². The Bertz CT molecular complexity index is 300. The standard InChI is InChI=1S/C12H22N2O3/c1-3-14(8-9(2)11(16)17)10(15)7-12(13)5-4-6-12/h9H,3-8,13H2,1-2H3,(H,16,17). The van der Waals surface area contributed by atoms with Gasteiger partial charge in [-0.05, 0) is 26.2 Å². The van der Waals surface area contributed by atoms with Crippen LogP contribution >= 0.6 is 0 Å². The van der Waals surface area contributed by atoms with Crippen LogP contribution in [-0.2, 0) is 9.59 Å². The fraction of sp³-hybridized carbons (Fsp3) is 0.833. The molecule has 98 valence electrons. The van der Waals surface area contributed by atoms with Gasteiger partial charge in [0.05, 0.1) is 5.92 Å². The van der Waals surface area contributed by atoms with E-state index in [1.807, 2.05) is 6.92 Å². The molecule has 1 aliphatic rings. The monoisotopic (exact) mass is 242 g/mol. The molecule has 5 heteroatoms. The van der Waals surface area contributed by atoms with Gasteiger partial charge in [-0.2, -0.15) is 0 Å². The summed E-state index contributed by atoms with van der Waals surface area (Å²) in [4.78, 5) is 24.3. The van der Waals surface area contributed by atoms with Crippen molar-refractivity contribution in [2.75, 3.05) is 13.1 Å². The molecule has 1 atom stereocenters. The molecule has 1 amide bonds. The van der Waals surface area contributed by atoms with Crippen molar-refractivity contribution in [2.24, 2.45) is 11.7 Å². The van der Waals surface area contributed by atoms with Gasteiger partial charge in [-0.15, -0.1) is 0 Å². The first-order chi connectivity index (χ1) is 7.88. The molecule has 0 aromatic rings. The lowest BCUT2D eigenvalue weighted by Crippen LogP contribution is -2.51. The minimum atomic E-state index is -0.873. The number of rotatable bonds is 6. The number of carbonyl (C=O) groups is 2. The van der Waals surface area contributed by atoms with Gasteiger partial charge in [-0.3, -0.25) is 9.59 Å². The molecule has 0 aromatic heterocycles. The number of amides is 1. The lowest BCUT2D eigenvalue weighted by Gasteiger charge is -2.39. The second-order valence-electron chi connectivity index (χ2n) is 5.06. The molecule has 3 N–H and O–H groups in total. The number of aliphatic carboxylic acids is 1. The number of hydrogen-bond acceptors (Lipinski definition) is 3. The van der Waals surface area contributed by atoms with Crippen molar-refractivity contribution in [1.29, 1.82) is 0 Å². The summed E-state index contributed by atoms with van der Waals surface area (Å²) in [6.45, 7) is 4.27. The lowest BCUT2D eigenvalue weighted by atomic mass is 9.75. The first kappa shape index (κ1) is 14.0. The van der Waals surface area contributed by atoms with Crippen LogP contribution in [0.3, 0.4) is 0 Å². The molecule has 0 bridgehead atoms. The molecule has 0 aliphatic heterocycles. The Morgan fingerprint density at radius 2 is 2.06 bits per heavy atom. The summed E-state index contributed by atoms with van der Waals surface area (Å²) in [5, 5.41) is 8.84. The third-order valence-corrected chi connectivity index (χ3v) is 3.50. The van der Waals surface area contributed by atoms with E-state index < -0.39 is 11.9 Å². The first-order valence-electron chi connectivity index (χ1n) is 6.17. The maximum absolute atomic E-state index is 12.0. The number of hydrogen-bond donors (Lipinski definition) is 2. The van der Waals surface area contributed by atoms with E-state index in [0.29, 0.717) is 13.0 Å². The van der Waals surface area contributed by atoms with Gasteiger partial charge < -0.3 is 15.7 Å². The summed E-state index contributed by atoms with van der Waals surface area (Å²) in [5.74, 6) is -1.43. The summed E-state index contributed by atoms with van der Waals surface area (Å²) in [6.07, 6.45) is 3.21. The minimum Gasteiger partial charge on any atom is -0.481 e. The SMILES string of the molecule is CCN(CC(C)C(=O)O)C(=O)CC1(N)CCC1. The van der Waals surface area contributed by atoms with Crippen LogP contribution in [0.4, 0.5) is 0 Å². The van der Waals surface area contributed by atoms with E-state index in [2.05, 4.69) is 0 Å². The van der Waals surface area contributed by atoms with E-state index in [1.54, 1.807) is 11.8 Å². The van der Waals surface area contributed by atoms with Crippen molar-refractivity contribution in [3.8, 4) is 0 Å². The van der Waals surface area contributed by atoms with Gasteiger partial charge in [0.15, 0.2) is 0 Å². The van der Waals surface area contributed by atoms with Crippen molar-refractivity contribution in [3.63, 3.8) is 0 Å². The third kappa shape index (κ3) is 3.70. The zero-order valence-corrected chi connectivity index (χ0v) is 10.6. The highest BCUT2D eigenvalue weighted by molar-refractivity contribution is 5.78. The molecular formula is C12H22N2O3. The largest absolute Gasteiger partial charge is 0.481 e. The van der Waals surface area contributed by atoms with Crippen molar-refractivity contribution >= 4 is 11.9 Å². The average Bonchev–Trinajstić information content (AvgIpc) is 2.22. The van der Waals surface area contributed by atoms with Gasteiger partial charge in [0.2, 0.25) is 5.91 Å². The Morgan fingerprint density at radius 1 is 1.47 bits per heavy atom. The zero-order chi connectivity index (χ0) is 13.1. The Labute approximate surface area is 102 Å². The highest BCUT2D eigenvalue weighted by atomic mass is 16.4. The molecule has 1 rings (SSSR count). The van der Waals surface area contributed by atoms with E-state index in [-0.39, 0.29) is 18.0 Å². The summed E-state index contributed by atoms with van der Waals surface area (Å²) in [5.41, 5.74) is 5.69. The summed E-state index contributed by atoms with van der Waals surface area (Å²) < 4.78 is 0. The van der Waals surface area contributed by atoms with E-state index in [4.69, 9.17) is 10.8 Å². The molecule has 1 unspecified atom stereocenters. The summed E-state index contributed by atoms with van der Waals surface area (Å²) >= 11 is 0. The van der Waals surface area contributed by atoms with Crippen LogP contribution in [0.5, 0.6) is 0 Å². The Hall–Kier alpha value is -1.10. The molecule has 5 nitrogen and oxygen atoms in total. The molecular weight excluding hydrogens is 220 g/mol. The van der Waals surface area contributed by atoms with Gasteiger partial charge in [0.1, 0.15) is 0 Å². The lowest BCUT2D eigenvalue weighted by molar-refractivity contribution is -0.143.